The third kappa shape index (κ3) is 5.45. The highest BCUT2D eigenvalue weighted by molar-refractivity contribution is 6.74. The molecule has 0 radical (unpaired) electrons. The minimum absolute atomic E-state index is 0.0842. The van der Waals surface area contributed by atoms with Gasteiger partial charge in [-0.15, -0.1) is 0 Å². The first-order valence-electron chi connectivity index (χ1n) is 12.1. The summed E-state index contributed by atoms with van der Waals surface area (Å²) in [4.78, 5) is 8.55. The minimum atomic E-state index is -2.04. The van der Waals surface area contributed by atoms with E-state index in [1.54, 1.807) is 0 Å². The highest BCUT2D eigenvalue weighted by Crippen LogP contribution is 2.43. The number of hydrogen-bond donors (Lipinski definition) is 1. The molecule has 10 heteroatoms. The fourth-order valence-electron chi connectivity index (χ4n) is 3.67. The Morgan fingerprint density at radius 3 is 2.26 bits per heavy atom. The lowest BCUT2D eigenvalue weighted by Gasteiger charge is -2.40. The van der Waals surface area contributed by atoms with Crippen molar-refractivity contribution < 1.29 is 18.7 Å². The van der Waals surface area contributed by atoms with Crippen LogP contribution in [-0.2, 0) is 20.2 Å². The summed E-state index contributed by atoms with van der Waals surface area (Å²) in [5.74, 6) is 0. The van der Waals surface area contributed by atoms with E-state index in [9.17, 15) is 5.11 Å². The number of aliphatic hydroxyl groups is 1. The van der Waals surface area contributed by atoms with Crippen molar-refractivity contribution in [3.05, 3.63) is 23.2 Å². The van der Waals surface area contributed by atoms with Gasteiger partial charge in [0.25, 0.3) is 0 Å². The monoisotopic (exact) mass is 527 g/mol. The van der Waals surface area contributed by atoms with Gasteiger partial charge >= 0.3 is 0 Å². The molecule has 0 aliphatic carbocycles. The van der Waals surface area contributed by atoms with E-state index in [0.717, 1.165) is 0 Å². The highest BCUT2D eigenvalue weighted by Gasteiger charge is 2.46. The zero-order valence-corrected chi connectivity index (χ0v) is 25.2. The SMILES string of the molecule is CC(C)(C)[Si](C)(C)OC[C@H]1O[C@@H](n2cc(CO)c3c(Cl)ncnc32)C[C@H]1O[Si](C)(C)C(C)(C)C. The van der Waals surface area contributed by atoms with E-state index >= 15 is 0 Å². The molecule has 1 fully saturated rings. The minimum Gasteiger partial charge on any atom is -0.414 e. The molecule has 34 heavy (non-hydrogen) atoms. The smallest absolute Gasteiger partial charge is 0.192 e. The van der Waals surface area contributed by atoms with Crippen LogP contribution in [0, 0.1) is 0 Å². The van der Waals surface area contributed by atoms with Gasteiger partial charge in [0.2, 0.25) is 0 Å². The van der Waals surface area contributed by atoms with Crippen LogP contribution in [0.25, 0.3) is 11.0 Å². The predicted octanol–water partition coefficient (Wildman–Crippen LogP) is 6.28. The third-order valence-corrected chi connectivity index (χ3v) is 17.3. The van der Waals surface area contributed by atoms with Gasteiger partial charge in [0.05, 0.1) is 24.7 Å². The fraction of sp³-hybridized carbons (Fsp3) is 0.750. The second-order valence-corrected chi connectivity index (χ2v) is 22.4. The molecule has 0 saturated carbocycles. The number of fused-ring (bicyclic) bond motifs is 1. The molecule has 7 nitrogen and oxygen atoms in total. The van der Waals surface area contributed by atoms with Gasteiger partial charge in [-0.05, 0) is 36.3 Å². The molecule has 3 heterocycles. The van der Waals surface area contributed by atoms with Crippen molar-refractivity contribution in [1.29, 1.82) is 0 Å². The first-order valence-corrected chi connectivity index (χ1v) is 18.3. The Hall–Kier alpha value is -0.816. The van der Waals surface area contributed by atoms with Crippen LogP contribution >= 0.6 is 11.6 Å². The van der Waals surface area contributed by atoms with E-state index < -0.39 is 16.6 Å². The van der Waals surface area contributed by atoms with Crippen LogP contribution in [0.3, 0.4) is 0 Å². The van der Waals surface area contributed by atoms with Gasteiger partial charge in [-0.3, -0.25) is 0 Å². The second-order valence-electron chi connectivity index (χ2n) is 12.4. The van der Waals surface area contributed by atoms with Gasteiger partial charge in [0, 0.05) is 18.2 Å². The van der Waals surface area contributed by atoms with E-state index in [1.165, 1.54) is 6.33 Å². The van der Waals surface area contributed by atoms with Crippen molar-refractivity contribution >= 4 is 39.3 Å². The Morgan fingerprint density at radius 1 is 1.09 bits per heavy atom. The Balaban J connectivity index is 1.93. The molecule has 0 bridgehead atoms. The van der Waals surface area contributed by atoms with Crippen molar-refractivity contribution in [1.82, 2.24) is 14.5 Å². The summed E-state index contributed by atoms with van der Waals surface area (Å²) in [5, 5.41) is 11.1. The molecule has 1 N–H and O–H groups in total. The first kappa shape index (κ1) is 27.8. The summed E-state index contributed by atoms with van der Waals surface area (Å²) in [6, 6.07) is 0. The average molecular weight is 528 g/mol. The summed E-state index contributed by atoms with van der Waals surface area (Å²) in [5.41, 5.74) is 1.35. The summed E-state index contributed by atoms with van der Waals surface area (Å²) in [6.45, 7) is 22.9. The lowest BCUT2D eigenvalue weighted by Crippen LogP contribution is -2.48. The number of ether oxygens (including phenoxy) is 1. The standard InChI is InChI=1S/C24H42ClN3O4Si2/c1-23(2,3)33(7,8)30-14-18-17(32-34(9,10)24(4,5)6)11-19(31-18)28-12-16(13-29)20-21(25)26-15-27-22(20)28/h12,15,17-19,29H,11,13-14H2,1-10H3/t17-,18-,19-/m1/s1. The number of rotatable bonds is 7. The van der Waals surface area contributed by atoms with Gasteiger partial charge in [-0.1, -0.05) is 53.1 Å². The molecular formula is C24H42ClN3O4Si2. The van der Waals surface area contributed by atoms with Crippen LogP contribution in [0.15, 0.2) is 12.5 Å². The van der Waals surface area contributed by atoms with E-state index in [-0.39, 0.29) is 35.1 Å². The van der Waals surface area contributed by atoms with Gasteiger partial charge < -0.3 is 23.3 Å². The van der Waals surface area contributed by atoms with Crippen molar-refractivity contribution in [2.24, 2.45) is 0 Å². The number of halogens is 1. The largest absolute Gasteiger partial charge is 0.414 e. The van der Waals surface area contributed by atoms with Crippen LogP contribution in [-0.4, -0.2) is 55.1 Å². The molecule has 1 aliphatic rings. The molecule has 2 aromatic rings. The molecule has 0 amide bonds. The van der Waals surface area contributed by atoms with Crippen LogP contribution in [0.2, 0.25) is 41.4 Å². The molecule has 1 saturated heterocycles. The number of nitrogens with zero attached hydrogens (tertiary/aromatic N) is 3. The van der Waals surface area contributed by atoms with Crippen LogP contribution < -0.4 is 0 Å². The summed E-state index contributed by atoms with van der Waals surface area (Å²) in [7, 11) is -3.99. The predicted molar refractivity (Wildman–Crippen MR) is 142 cm³/mol. The van der Waals surface area contributed by atoms with Crippen LogP contribution in [0.4, 0.5) is 0 Å². The summed E-state index contributed by atoms with van der Waals surface area (Å²) < 4.78 is 22.0. The molecule has 192 valence electrons. The zero-order chi connectivity index (χ0) is 25.7. The molecular weight excluding hydrogens is 486 g/mol. The molecule has 3 rings (SSSR count). The molecule has 2 aromatic heterocycles. The van der Waals surface area contributed by atoms with Gasteiger partial charge in [0.15, 0.2) is 16.6 Å². The number of aliphatic hydroxyl groups excluding tert-OH is 1. The second kappa shape index (κ2) is 9.57. The van der Waals surface area contributed by atoms with E-state index in [1.807, 2.05) is 10.8 Å². The van der Waals surface area contributed by atoms with Gasteiger partial charge in [0.1, 0.15) is 29.5 Å². The van der Waals surface area contributed by atoms with Gasteiger partial charge in [-0.2, -0.15) is 0 Å². The maximum atomic E-state index is 9.91. The fourth-order valence-corrected chi connectivity index (χ4v) is 6.29. The van der Waals surface area contributed by atoms with Crippen molar-refractivity contribution in [2.75, 3.05) is 6.61 Å². The van der Waals surface area contributed by atoms with Gasteiger partial charge in [-0.25, -0.2) is 9.97 Å². The quantitative estimate of drug-likeness (QED) is 0.337. The maximum Gasteiger partial charge on any atom is 0.192 e. The number of aromatic nitrogens is 3. The van der Waals surface area contributed by atoms with Crippen molar-refractivity contribution in [2.45, 2.75) is 109 Å². The number of hydrogen-bond acceptors (Lipinski definition) is 6. The zero-order valence-electron chi connectivity index (χ0n) is 22.4. The third-order valence-electron chi connectivity index (χ3n) is 7.97. The topological polar surface area (TPSA) is 78.6 Å². The van der Waals surface area contributed by atoms with Crippen molar-refractivity contribution in [3.8, 4) is 0 Å². The maximum absolute atomic E-state index is 9.91. The summed E-state index contributed by atoms with van der Waals surface area (Å²) in [6.07, 6.45) is 3.41. The lowest BCUT2D eigenvalue weighted by molar-refractivity contribution is -0.0382. The van der Waals surface area contributed by atoms with E-state index in [2.05, 4.69) is 77.7 Å². The normalized spacial score (nSPS) is 22.6. The summed E-state index contributed by atoms with van der Waals surface area (Å²) >= 11 is 6.35. The molecule has 0 spiro atoms. The Kier molecular flexibility index (Phi) is 7.82. The Labute approximate surface area is 211 Å². The molecule has 1 aliphatic heterocycles. The lowest BCUT2D eigenvalue weighted by atomic mass is 10.2. The Morgan fingerprint density at radius 2 is 1.71 bits per heavy atom. The van der Waals surface area contributed by atoms with E-state index in [4.69, 9.17) is 25.2 Å². The average Bonchev–Trinajstić information content (AvgIpc) is 3.26. The highest BCUT2D eigenvalue weighted by atomic mass is 35.5. The van der Waals surface area contributed by atoms with E-state index in [0.29, 0.717) is 34.8 Å². The molecule has 3 atom stereocenters. The van der Waals surface area contributed by atoms with Crippen LogP contribution in [0.5, 0.6) is 0 Å². The Bertz CT molecular complexity index is 1010. The first-order chi connectivity index (χ1) is 15.5. The molecule has 0 aromatic carbocycles. The molecule has 0 unspecified atom stereocenters. The van der Waals surface area contributed by atoms with Crippen LogP contribution in [0.1, 0.15) is 59.8 Å². The van der Waals surface area contributed by atoms with Crippen molar-refractivity contribution in [3.63, 3.8) is 0 Å².